The molecule has 1 amide bonds. The predicted octanol–water partition coefficient (Wildman–Crippen LogP) is 2.75. The number of carbonyl (C=O) groups excluding carboxylic acids is 1. The van der Waals surface area contributed by atoms with Crippen LogP contribution in [0.5, 0.6) is 0 Å². The van der Waals surface area contributed by atoms with E-state index in [9.17, 15) is 19.3 Å². The summed E-state index contributed by atoms with van der Waals surface area (Å²) in [5, 5.41) is 10.9. The average molecular weight is 266 g/mol. The Morgan fingerprint density at radius 2 is 1.84 bits per heavy atom. The van der Waals surface area contributed by atoms with E-state index >= 15 is 0 Å². The molecule has 19 heavy (non-hydrogen) atoms. The van der Waals surface area contributed by atoms with Gasteiger partial charge in [-0.2, -0.15) is 0 Å². The highest BCUT2D eigenvalue weighted by Crippen LogP contribution is 2.22. The van der Waals surface area contributed by atoms with Crippen molar-refractivity contribution in [3.8, 4) is 0 Å². The topological polar surface area (TPSA) is 63.4 Å². The summed E-state index contributed by atoms with van der Waals surface area (Å²) in [4.78, 5) is 24.1. The summed E-state index contributed by atoms with van der Waals surface area (Å²) in [6, 6.07) is 2.99. The molecule has 6 heteroatoms. The summed E-state index contributed by atoms with van der Waals surface area (Å²) < 4.78 is 13.2. The van der Waals surface area contributed by atoms with E-state index in [1.54, 1.807) is 4.90 Å². The Kier molecular flexibility index (Phi) is 4.09. The molecule has 0 bridgehead atoms. The van der Waals surface area contributed by atoms with Crippen molar-refractivity contribution in [1.29, 1.82) is 0 Å². The molecule has 0 aliphatic carbocycles. The molecule has 0 aromatic heterocycles. The van der Waals surface area contributed by atoms with E-state index < -0.39 is 16.6 Å². The maximum Gasteiger partial charge on any atom is 0.282 e. The lowest BCUT2D eigenvalue weighted by atomic mass is 10.1. The molecule has 2 rings (SSSR count). The number of carbonyl (C=O) groups is 1. The summed E-state index contributed by atoms with van der Waals surface area (Å²) >= 11 is 0. The number of rotatable bonds is 2. The second-order valence-corrected chi connectivity index (χ2v) is 4.62. The van der Waals surface area contributed by atoms with Gasteiger partial charge in [-0.3, -0.25) is 14.9 Å². The van der Waals surface area contributed by atoms with Gasteiger partial charge in [0.25, 0.3) is 11.6 Å². The second kappa shape index (κ2) is 5.77. The zero-order valence-corrected chi connectivity index (χ0v) is 10.5. The molecule has 0 radical (unpaired) electrons. The lowest BCUT2D eigenvalue weighted by molar-refractivity contribution is -0.385. The van der Waals surface area contributed by atoms with Crippen molar-refractivity contribution in [1.82, 2.24) is 4.90 Å². The van der Waals surface area contributed by atoms with Gasteiger partial charge in [-0.15, -0.1) is 0 Å². The third-order valence-electron chi connectivity index (χ3n) is 3.28. The standard InChI is InChI=1S/C13H15FN2O3/c14-10-5-6-12(16(18)19)11(9-10)13(17)15-7-3-1-2-4-8-15/h5-6,9H,1-4,7-8H2. The molecule has 5 nitrogen and oxygen atoms in total. The predicted molar refractivity (Wildman–Crippen MR) is 67.4 cm³/mol. The number of likely N-dealkylation sites (tertiary alicyclic amines) is 1. The molecule has 0 atom stereocenters. The van der Waals surface area contributed by atoms with Gasteiger partial charge in [-0.05, 0) is 25.0 Å². The van der Waals surface area contributed by atoms with Crippen LogP contribution >= 0.6 is 0 Å². The van der Waals surface area contributed by atoms with Crippen molar-refractivity contribution < 1.29 is 14.1 Å². The van der Waals surface area contributed by atoms with Gasteiger partial charge in [0.05, 0.1) is 4.92 Å². The van der Waals surface area contributed by atoms with Crippen LogP contribution in [0.15, 0.2) is 18.2 Å². The summed E-state index contributed by atoms with van der Waals surface area (Å²) in [6.07, 6.45) is 3.87. The molecule has 1 aliphatic rings. The Hall–Kier alpha value is -1.98. The molecule has 1 aromatic rings. The molecule has 1 saturated heterocycles. The minimum atomic E-state index is -0.648. The van der Waals surface area contributed by atoms with E-state index in [1.165, 1.54) is 0 Å². The molecule has 1 aromatic carbocycles. The van der Waals surface area contributed by atoms with E-state index in [0.29, 0.717) is 13.1 Å². The van der Waals surface area contributed by atoms with Gasteiger partial charge in [-0.25, -0.2) is 4.39 Å². The lowest BCUT2D eigenvalue weighted by Crippen LogP contribution is -2.32. The van der Waals surface area contributed by atoms with E-state index in [2.05, 4.69) is 0 Å². The maximum atomic E-state index is 13.2. The van der Waals surface area contributed by atoms with Gasteiger partial charge >= 0.3 is 0 Å². The Labute approximate surface area is 110 Å². The van der Waals surface area contributed by atoms with Crippen LogP contribution in [-0.4, -0.2) is 28.8 Å². The largest absolute Gasteiger partial charge is 0.338 e. The number of nitro benzene ring substituents is 1. The first-order valence-electron chi connectivity index (χ1n) is 6.33. The van der Waals surface area contributed by atoms with Crippen LogP contribution in [0.25, 0.3) is 0 Å². The quantitative estimate of drug-likeness (QED) is 0.610. The number of nitrogens with zero attached hydrogens (tertiary/aromatic N) is 2. The van der Waals surface area contributed by atoms with Crippen LogP contribution in [0.2, 0.25) is 0 Å². The fourth-order valence-electron chi connectivity index (χ4n) is 2.28. The fraction of sp³-hybridized carbons (Fsp3) is 0.462. The minimum absolute atomic E-state index is 0.160. The Balaban J connectivity index is 2.31. The highest BCUT2D eigenvalue weighted by molar-refractivity contribution is 5.98. The van der Waals surface area contributed by atoms with Gasteiger partial charge in [-0.1, -0.05) is 12.8 Å². The fourth-order valence-corrected chi connectivity index (χ4v) is 2.28. The monoisotopic (exact) mass is 266 g/mol. The van der Waals surface area contributed by atoms with Crippen molar-refractivity contribution in [2.75, 3.05) is 13.1 Å². The molecule has 0 N–H and O–H groups in total. The second-order valence-electron chi connectivity index (χ2n) is 4.62. The van der Waals surface area contributed by atoms with Gasteiger partial charge < -0.3 is 4.90 Å². The number of nitro groups is 1. The zero-order valence-electron chi connectivity index (χ0n) is 10.5. The van der Waals surface area contributed by atoms with Gasteiger partial charge in [0.1, 0.15) is 11.4 Å². The van der Waals surface area contributed by atoms with E-state index in [0.717, 1.165) is 43.9 Å². The van der Waals surface area contributed by atoms with Crippen molar-refractivity contribution in [2.45, 2.75) is 25.7 Å². The van der Waals surface area contributed by atoms with E-state index in [4.69, 9.17) is 0 Å². The average Bonchev–Trinajstić information content (AvgIpc) is 2.66. The number of amides is 1. The molecule has 102 valence electrons. The molecule has 1 fully saturated rings. The summed E-state index contributed by atoms with van der Waals surface area (Å²) in [5.41, 5.74) is -0.498. The number of benzene rings is 1. The molecule has 1 heterocycles. The normalized spacial score (nSPS) is 15.9. The van der Waals surface area contributed by atoms with Crippen molar-refractivity contribution in [2.24, 2.45) is 0 Å². The first-order chi connectivity index (χ1) is 9.09. The van der Waals surface area contributed by atoms with Crippen LogP contribution in [0.1, 0.15) is 36.0 Å². The summed E-state index contributed by atoms with van der Waals surface area (Å²) in [6.45, 7) is 1.15. The summed E-state index contributed by atoms with van der Waals surface area (Å²) in [5.74, 6) is -1.09. The maximum absolute atomic E-state index is 13.2. The summed E-state index contributed by atoms with van der Waals surface area (Å²) in [7, 11) is 0. The third-order valence-corrected chi connectivity index (χ3v) is 3.28. The third kappa shape index (κ3) is 3.07. The zero-order chi connectivity index (χ0) is 13.8. The SMILES string of the molecule is O=C(c1cc(F)ccc1[N+](=O)[O-])N1CCCCCC1. The highest BCUT2D eigenvalue weighted by Gasteiger charge is 2.25. The van der Waals surface area contributed by atoms with Crippen LogP contribution in [-0.2, 0) is 0 Å². The van der Waals surface area contributed by atoms with Gasteiger partial charge in [0.2, 0.25) is 0 Å². The first kappa shape index (κ1) is 13.5. The molecular formula is C13H15FN2O3. The van der Waals surface area contributed by atoms with Crippen molar-refractivity contribution in [3.63, 3.8) is 0 Å². The van der Waals surface area contributed by atoms with Crippen LogP contribution in [0.4, 0.5) is 10.1 Å². The molecule has 0 saturated carbocycles. The smallest absolute Gasteiger partial charge is 0.282 e. The minimum Gasteiger partial charge on any atom is -0.338 e. The van der Waals surface area contributed by atoms with E-state index in [1.807, 2.05) is 0 Å². The molecule has 0 unspecified atom stereocenters. The molecule has 1 aliphatic heterocycles. The van der Waals surface area contributed by atoms with E-state index in [-0.39, 0.29) is 11.3 Å². The number of hydrogen-bond donors (Lipinski definition) is 0. The number of hydrogen-bond acceptors (Lipinski definition) is 3. The van der Waals surface area contributed by atoms with Crippen LogP contribution < -0.4 is 0 Å². The van der Waals surface area contributed by atoms with Gasteiger partial charge in [0, 0.05) is 19.2 Å². The highest BCUT2D eigenvalue weighted by atomic mass is 19.1. The Morgan fingerprint density at radius 3 is 2.42 bits per heavy atom. The van der Waals surface area contributed by atoms with Crippen molar-refractivity contribution in [3.05, 3.63) is 39.7 Å². The Morgan fingerprint density at radius 1 is 1.21 bits per heavy atom. The first-order valence-corrected chi connectivity index (χ1v) is 6.33. The van der Waals surface area contributed by atoms with Gasteiger partial charge in [0.15, 0.2) is 0 Å². The van der Waals surface area contributed by atoms with Crippen molar-refractivity contribution >= 4 is 11.6 Å². The van der Waals surface area contributed by atoms with Crippen LogP contribution in [0, 0.1) is 15.9 Å². The molecule has 0 spiro atoms. The molecular weight excluding hydrogens is 251 g/mol. The van der Waals surface area contributed by atoms with Crippen LogP contribution in [0.3, 0.4) is 0 Å². The Bertz CT molecular complexity index is 497. The lowest BCUT2D eigenvalue weighted by Gasteiger charge is -2.20. The number of halogens is 1.